The van der Waals surface area contributed by atoms with Crippen LogP contribution in [0.1, 0.15) is 25.0 Å². The average Bonchev–Trinajstić information content (AvgIpc) is 3.36. The van der Waals surface area contributed by atoms with Crippen molar-refractivity contribution >= 4 is 35.2 Å². The fourth-order valence-electron chi connectivity index (χ4n) is 3.70. The molecule has 0 radical (unpaired) electrons. The van der Waals surface area contributed by atoms with Crippen LogP contribution >= 0.6 is 11.9 Å². The smallest absolute Gasteiger partial charge is 0.244 e. The van der Waals surface area contributed by atoms with Gasteiger partial charge in [0.1, 0.15) is 12.7 Å². The third kappa shape index (κ3) is 4.09. The Morgan fingerprint density at radius 3 is 2.81 bits per heavy atom. The molecule has 31 heavy (non-hydrogen) atoms. The third-order valence-corrected chi connectivity index (χ3v) is 6.60. The summed E-state index contributed by atoms with van der Waals surface area (Å²) < 4.78 is 2.13. The van der Waals surface area contributed by atoms with Crippen molar-refractivity contribution in [1.29, 1.82) is 0 Å². The molecule has 0 saturated heterocycles. The summed E-state index contributed by atoms with van der Waals surface area (Å²) in [5.74, 6) is 2.64. The Balaban J connectivity index is 1.27. The van der Waals surface area contributed by atoms with Crippen LogP contribution in [0.15, 0.2) is 64.6 Å². The van der Waals surface area contributed by atoms with Crippen LogP contribution in [0.3, 0.4) is 0 Å². The summed E-state index contributed by atoms with van der Waals surface area (Å²) in [6.45, 7) is 2.67. The number of aryl methyl sites for hydroxylation is 1. The van der Waals surface area contributed by atoms with Gasteiger partial charge in [-0.3, -0.25) is 19.5 Å². The van der Waals surface area contributed by atoms with Crippen LogP contribution in [-0.2, 0) is 4.79 Å². The lowest BCUT2D eigenvalue weighted by Crippen LogP contribution is -3.10. The Labute approximate surface area is 184 Å². The van der Waals surface area contributed by atoms with E-state index in [0.29, 0.717) is 6.54 Å². The summed E-state index contributed by atoms with van der Waals surface area (Å²) in [4.78, 5) is 19.0. The summed E-state index contributed by atoms with van der Waals surface area (Å²) in [5.41, 5.74) is 7.15. The number of nitrogens with two attached hydrogens (primary N) is 1. The zero-order valence-corrected chi connectivity index (χ0v) is 18.0. The van der Waals surface area contributed by atoms with Crippen LogP contribution in [0, 0.1) is 6.92 Å². The Hall–Kier alpha value is -3.08. The highest BCUT2D eigenvalue weighted by atomic mass is 32.2. The van der Waals surface area contributed by atoms with Crippen molar-refractivity contribution in [2.75, 3.05) is 17.2 Å². The average molecular weight is 438 g/mol. The number of aromatic amines is 1. The molecular formula is C21H25N8OS+. The van der Waals surface area contributed by atoms with Gasteiger partial charge in [-0.2, -0.15) is 5.10 Å². The summed E-state index contributed by atoms with van der Waals surface area (Å²) in [6.07, 6.45) is 8.43. The van der Waals surface area contributed by atoms with Gasteiger partial charge in [0.2, 0.25) is 17.6 Å². The van der Waals surface area contributed by atoms with Crippen LogP contribution in [0.4, 0.5) is 11.5 Å². The number of amides is 1. The van der Waals surface area contributed by atoms with E-state index in [-0.39, 0.29) is 5.91 Å². The summed E-state index contributed by atoms with van der Waals surface area (Å²) in [6, 6.07) is 9.78. The molecule has 1 saturated carbocycles. The number of fused-ring (bicyclic) bond motifs is 1. The number of H-pyrrole nitrogens is 1. The minimum atomic E-state index is -0.702. The number of anilines is 2. The number of aliphatic imine (C=N–C) groups is 1. The second kappa shape index (κ2) is 7.88. The maximum atomic E-state index is 12.3. The van der Waals surface area contributed by atoms with Crippen molar-refractivity contribution in [1.82, 2.24) is 14.5 Å². The van der Waals surface area contributed by atoms with E-state index in [1.165, 1.54) is 0 Å². The van der Waals surface area contributed by atoms with Crippen molar-refractivity contribution in [2.45, 2.75) is 36.6 Å². The van der Waals surface area contributed by atoms with Gasteiger partial charge in [-0.1, -0.05) is 0 Å². The second-order valence-electron chi connectivity index (χ2n) is 8.06. The van der Waals surface area contributed by atoms with Crippen LogP contribution in [0.25, 0.3) is 0 Å². The fraction of sp³-hybridized carbons (Fsp3) is 0.286. The normalized spacial score (nSPS) is 21.1. The van der Waals surface area contributed by atoms with Gasteiger partial charge in [-0.15, -0.1) is 0 Å². The summed E-state index contributed by atoms with van der Waals surface area (Å²) in [7, 11) is 0. The van der Waals surface area contributed by atoms with Gasteiger partial charge < -0.3 is 11.1 Å². The second-order valence-corrected chi connectivity index (χ2v) is 9.19. The molecule has 3 aliphatic rings. The van der Waals surface area contributed by atoms with E-state index in [1.807, 2.05) is 49.7 Å². The lowest BCUT2D eigenvalue weighted by molar-refractivity contribution is -0.699. The van der Waals surface area contributed by atoms with Crippen LogP contribution < -0.4 is 21.3 Å². The molecule has 1 atom stereocenters. The highest BCUT2D eigenvalue weighted by Crippen LogP contribution is 2.31. The van der Waals surface area contributed by atoms with E-state index in [1.54, 1.807) is 11.9 Å². The minimum Gasteiger partial charge on any atom is -0.324 e. The molecule has 0 spiro atoms. The van der Waals surface area contributed by atoms with Gasteiger partial charge in [-0.25, -0.2) is 9.89 Å². The maximum absolute atomic E-state index is 12.3. The van der Waals surface area contributed by atoms with Crippen molar-refractivity contribution in [3.8, 4) is 0 Å². The molecule has 9 nitrogen and oxygen atoms in total. The van der Waals surface area contributed by atoms with Crippen molar-refractivity contribution in [3.63, 3.8) is 0 Å². The number of hydrogen-bond acceptors (Lipinski definition) is 7. The number of aromatic nitrogens is 2. The summed E-state index contributed by atoms with van der Waals surface area (Å²) >= 11 is 1.61. The van der Waals surface area contributed by atoms with E-state index >= 15 is 0 Å². The van der Waals surface area contributed by atoms with E-state index in [0.717, 1.165) is 57.9 Å². The van der Waals surface area contributed by atoms with Crippen LogP contribution in [0.5, 0.6) is 0 Å². The molecule has 5 rings (SSSR count). The Kier molecular flexibility index (Phi) is 5.05. The molecule has 1 fully saturated rings. The molecular weight excluding hydrogens is 412 g/mol. The van der Waals surface area contributed by atoms with Gasteiger partial charge in [-0.05, 0) is 62.4 Å². The monoisotopic (exact) mass is 437 g/mol. The van der Waals surface area contributed by atoms with Crippen molar-refractivity contribution < 1.29 is 9.69 Å². The van der Waals surface area contributed by atoms with Gasteiger partial charge >= 0.3 is 0 Å². The first kappa shape index (κ1) is 19.9. The number of quaternary nitrogens is 1. The summed E-state index contributed by atoms with van der Waals surface area (Å²) in [5, 5.41) is 13.5. The quantitative estimate of drug-likeness (QED) is 0.438. The topological polar surface area (TPSA) is 116 Å². The van der Waals surface area contributed by atoms with Crippen LogP contribution in [0.2, 0.25) is 0 Å². The molecule has 1 aromatic carbocycles. The number of carbonyl (C=O) groups excluding carboxylic acids is 1. The number of rotatable bonds is 6. The first-order chi connectivity index (χ1) is 15.0. The Bertz CT molecular complexity index is 1080. The highest BCUT2D eigenvalue weighted by Gasteiger charge is 2.40. The molecule has 0 bridgehead atoms. The standard InChI is InChI=1S/C21H24N8OS/c1-14-11-17(27-26-14)25-19-13-28(12-18-23-9-10-29(18)19)31-16-5-3-15(4-6-16)24-20(30)21(22)7-2-8-21/h3-6,9-11,13H,2,7-8,12,22H2,1H3,(H,24,30)(H2,25,26,27)/p+1. The van der Waals surface area contributed by atoms with Crippen molar-refractivity contribution in [3.05, 3.63) is 60.4 Å². The van der Waals surface area contributed by atoms with E-state index in [4.69, 9.17) is 5.73 Å². The number of hydrogen-bond donors (Lipinski definition) is 5. The van der Waals surface area contributed by atoms with Crippen molar-refractivity contribution in [2.24, 2.45) is 10.7 Å². The Morgan fingerprint density at radius 2 is 2.13 bits per heavy atom. The lowest BCUT2D eigenvalue weighted by Gasteiger charge is -2.36. The maximum Gasteiger partial charge on any atom is 0.244 e. The number of amidine groups is 1. The molecule has 1 amide bonds. The Morgan fingerprint density at radius 1 is 1.32 bits per heavy atom. The van der Waals surface area contributed by atoms with Gasteiger partial charge in [0, 0.05) is 22.3 Å². The largest absolute Gasteiger partial charge is 0.324 e. The minimum absolute atomic E-state index is 0.0998. The number of nitrogens with one attached hydrogen (secondary N) is 4. The number of carbonyl (C=O) groups is 1. The molecule has 3 heterocycles. The lowest BCUT2D eigenvalue weighted by atomic mass is 9.77. The van der Waals surface area contributed by atoms with Crippen LogP contribution in [-0.4, -0.2) is 38.3 Å². The van der Waals surface area contributed by atoms with Gasteiger partial charge in [0.15, 0.2) is 5.82 Å². The highest BCUT2D eigenvalue weighted by molar-refractivity contribution is 7.97. The molecule has 1 aromatic heterocycles. The van der Waals surface area contributed by atoms with E-state index in [9.17, 15) is 4.79 Å². The third-order valence-electron chi connectivity index (χ3n) is 5.65. The molecule has 1 aliphatic carbocycles. The number of nitrogens with zero attached hydrogens (tertiary/aromatic N) is 3. The molecule has 6 N–H and O–H groups in total. The van der Waals surface area contributed by atoms with Gasteiger partial charge in [0.25, 0.3) is 0 Å². The number of benzene rings is 1. The SMILES string of the molecule is Cc1cc(NC2=CN(Sc3ccc(NC(=O)C4(N)CCC4)cc3)CC3=NC=C[NH+]23)n[nH]1. The van der Waals surface area contributed by atoms with Gasteiger partial charge in [0.05, 0.1) is 17.9 Å². The first-order valence-electron chi connectivity index (χ1n) is 10.3. The molecule has 2 aliphatic heterocycles. The molecule has 10 heteroatoms. The first-order valence-corrected chi connectivity index (χ1v) is 11.0. The van der Waals surface area contributed by atoms with E-state index in [2.05, 4.69) is 36.3 Å². The zero-order chi connectivity index (χ0) is 21.4. The zero-order valence-electron chi connectivity index (χ0n) is 17.2. The van der Waals surface area contributed by atoms with E-state index < -0.39 is 5.54 Å². The fourth-order valence-corrected chi connectivity index (χ4v) is 4.57. The predicted octanol–water partition coefficient (Wildman–Crippen LogP) is 1.54. The predicted molar refractivity (Wildman–Crippen MR) is 121 cm³/mol. The molecule has 160 valence electrons. The molecule has 1 unspecified atom stereocenters. The molecule has 2 aromatic rings.